The molecule has 2 unspecified atom stereocenters. The van der Waals surface area contributed by atoms with Crippen LogP contribution >= 0.6 is 27.9 Å². The molecule has 0 aliphatic heterocycles. The highest BCUT2D eigenvalue weighted by molar-refractivity contribution is 8.15. The van der Waals surface area contributed by atoms with E-state index in [0.29, 0.717) is 50.7 Å². The number of hydrogen-bond donors (Lipinski definition) is 1. The van der Waals surface area contributed by atoms with Crippen LogP contribution in [0.2, 0.25) is 0 Å². The van der Waals surface area contributed by atoms with Crippen LogP contribution in [0.1, 0.15) is 52.4 Å². The quantitative estimate of drug-likeness (QED) is 0.0427. The molecule has 0 amide bonds. The maximum Gasteiger partial charge on any atom is 0.209 e. The van der Waals surface area contributed by atoms with E-state index < -0.39 is 22.2 Å². The van der Waals surface area contributed by atoms with Crippen molar-refractivity contribution in [2.24, 2.45) is 11.8 Å². The van der Waals surface area contributed by atoms with Crippen LogP contribution in [0.3, 0.4) is 0 Å². The lowest BCUT2D eigenvalue weighted by molar-refractivity contribution is -0.102. The maximum atomic E-state index is 9.99. The second-order valence-electron chi connectivity index (χ2n) is 9.50. The van der Waals surface area contributed by atoms with Crippen molar-refractivity contribution >= 4 is 50.2 Å². The van der Waals surface area contributed by atoms with Gasteiger partial charge in [-0.05, 0) is 74.7 Å². The van der Waals surface area contributed by atoms with Crippen molar-refractivity contribution in [2.45, 2.75) is 76.8 Å². The molecule has 0 heterocycles. The molecule has 229 valence electrons. The molecule has 0 saturated heterocycles. The summed E-state index contributed by atoms with van der Waals surface area (Å²) in [5, 5.41) is 9.99. The molecule has 5 radical (unpaired) electrons. The lowest BCUT2D eigenvalue weighted by Crippen LogP contribution is -2.29. The first kappa shape index (κ1) is 40.6. The number of methoxy groups -OCH3 is 2. The lowest BCUT2D eigenvalue weighted by Gasteiger charge is -2.27. The Hall–Kier alpha value is 0.565. The molecule has 0 rings (SSSR count). The summed E-state index contributed by atoms with van der Waals surface area (Å²) in [4.78, 5) is 0. The summed E-state index contributed by atoms with van der Waals surface area (Å²) in [7, 11) is 13.8. The van der Waals surface area contributed by atoms with E-state index in [2.05, 4.69) is 27.0 Å². The zero-order valence-electron chi connectivity index (χ0n) is 26.4. The first-order chi connectivity index (χ1) is 19.6. The summed E-state index contributed by atoms with van der Waals surface area (Å²) >= 11 is 1.02. The van der Waals surface area contributed by atoms with Gasteiger partial charge in [-0.1, -0.05) is 37.9 Å². The number of hydrogen-bond acceptors (Lipinski definition) is 9. The molecule has 0 aromatic carbocycles. The van der Waals surface area contributed by atoms with Crippen LogP contribution in [0.5, 0.6) is 0 Å². The molecule has 40 heavy (non-hydrogen) atoms. The minimum absolute atomic E-state index is 0.00435. The number of rotatable bonds is 27. The zero-order valence-corrected chi connectivity index (χ0v) is 28.0. The van der Waals surface area contributed by atoms with Gasteiger partial charge in [0.1, 0.15) is 28.7 Å². The van der Waals surface area contributed by atoms with Crippen LogP contribution in [0.4, 0.5) is 0 Å². The summed E-state index contributed by atoms with van der Waals surface area (Å²) in [5.41, 5.74) is 0. The largest absolute Gasteiger partial charge is 0.393 e. The molecular weight excluding hydrogens is 567 g/mol. The first-order valence-corrected chi connectivity index (χ1v) is 17.8. The minimum Gasteiger partial charge on any atom is -0.393 e. The normalized spacial score (nSPS) is 17.6. The van der Waals surface area contributed by atoms with Crippen molar-refractivity contribution in [3.8, 4) is 0 Å². The van der Waals surface area contributed by atoms with Crippen molar-refractivity contribution in [1.29, 1.82) is 1.34 Å². The van der Waals surface area contributed by atoms with E-state index >= 15 is 0 Å². The number of aliphatic hydroxyl groups is 1. The van der Waals surface area contributed by atoms with Crippen LogP contribution in [0.25, 0.3) is 0 Å². The van der Waals surface area contributed by atoms with Gasteiger partial charge < -0.3 is 37.3 Å². The van der Waals surface area contributed by atoms with Gasteiger partial charge in [-0.15, -0.1) is 13.2 Å². The smallest absolute Gasteiger partial charge is 0.209 e. The third-order valence-electron chi connectivity index (χ3n) is 5.82. The Kier molecular flexibility index (Phi) is 30.0. The maximum absolute atomic E-state index is 9.99. The molecule has 0 saturated carbocycles. The molecule has 14 heteroatoms. The molecule has 0 spiro atoms. The highest BCUT2D eigenvalue weighted by atomic mass is 32.2. The number of ether oxygens (including phenoxy) is 4. The van der Waals surface area contributed by atoms with Gasteiger partial charge in [0.15, 0.2) is 0 Å². The van der Waals surface area contributed by atoms with Crippen molar-refractivity contribution in [1.82, 2.24) is 0 Å². The molecule has 0 fully saturated rings. The van der Waals surface area contributed by atoms with E-state index in [4.69, 9.17) is 48.6 Å². The molecular formula is C26H52B3O8P2S. The fourth-order valence-electron chi connectivity index (χ4n) is 3.66. The van der Waals surface area contributed by atoms with Gasteiger partial charge in [0.2, 0.25) is 7.09 Å². The van der Waals surface area contributed by atoms with Gasteiger partial charge in [0.25, 0.3) is 0 Å². The van der Waals surface area contributed by atoms with Crippen LogP contribution in [0, 0.1) is 11.8 Å². The Balaban J connectivity index is 0. The van der Waals surface area contributed by atoms with E-state index in [0.717, 1.165) is 24.7 Å². The first-order valence-electron chi connectivity index (χ1n) is 14.0. The summed E-state index contributed by atoms with van der Waals surface area (Å²) in [5.74, 6) is 0.600. The molecule has 0 aromatic rings. The van der Waals surface area contributed by atoms with Crippen LogP contribution in [0.15, 0.2) is 25.3 Å². The predicted octanol–water partition coefficient (Wildman–Crippen LogP) is 5.40. The van der Waals surface area contributed by atoms with E-state index in [1.807, 2.05) is 25.5 Å². The Morgan fingerprint density at radius 1 is 0.900 bits per heavy atom. The van der Waals surface area contributed by atoms with Gasteiger partial charge in [0, 0.05) is 20.6 Å². The fraction of sp³-hybridized carbons (Fsp3) is 0.846. The molecule has 0 aliphatic rings. The fourth-order valence-corrected chi connectivity index (χ4v) is 4.78. The SMILES string of the molecule is [3H][B]SO[C@H](CCOP([B])C)C[C@@H](OCOC)[C@@H](C)CC=C.[B]P(C)OCC[C@@H](O)C[C@@H](OCOC)[C@@H](C)CC=C. The molecule has 8 atom stereocenters. The topological polar surface area (TPSA) is 84.8 Å². The van der Waals surface area contributed by atoms with Crippen molar-refractivity contribution in [3.05, 3.63) is 25.3 Å². The average Bonchev–Trinajstić information content (AvgIpc) is 2.91. The van der Waals surface area contributed by atoms with Crippen molar-refractivity contribution in [2.75, 3.05) is 54.3 Å². The summed E-state index contributed by atoms with van der Waals surface area (Å²) in [6.07, 6.45) is 7.42. The third-order valence-corrected chi connectivity index (χ3v) is 7.38. The third kappa shape index (κ3) is 26.2. The second kappa shape index (κ2) is 29.6. The minimum atomic E-state index is -0.864. The second-order valence-corrected chi connectivity index (χ2v) is 12.6. The molecule has 8 nitrogen and oxygen atoms in total. The summed E-state index contributed by atoms with van der Waals surface area (Å²) < 4.78 is 44.7. The van der Waals surface area contributed by atoms with Gasteiger partial charge >= 0.3 is 0 Å². The van der Waals surface area contributed by atoms with Crippen molar-refractivity contribution in [3.63, 3.8) is 0 Å². The van der Waals surface area contributed by atoms with E-state index in [1.54, 1.807) is 14.2 Å². The van der Waals surface area contributed by atoms with Crippen LogP contribution in [-0.4, -0.2) is 107 Å². The molecule has 0 aromatic heterocycles. The van der Waals surface area contributed by atoms with Crippen LogP contribution in [-0.2, 0) is 32.2 Å². The standard InChI is InChI=1S/C13H26B2O4PS.C13H26BO4P/c1-5-6-11(2)13(17-10-16-3)9-12(19-21-15)7-8-18-20(4)14;1-5-6-11(2)13(17-10-16-3)9-12(15)7-8-18-19(4)14/h5,11-13,15H,1,6-10H2,2-4H3;5,11-13,15H,1,6-10H2,2-4H3/t11-,12+,13+,20?;11-,12+,13+,19?/m00/s1/i15T;. The summed E-state index contributed by atoms with van der Waals surface area (Å²) in [6.45, 7) is 16.9. The van der Waals surface area contributed by atoms with E-state index in [-0.39, 0.29) is 31.9 Å². The molecule has 0 bridgehead atoms. The highest BCUT2D eigenvalue weighted by Crippen LogP contribution is 2.27. The Morgan fingerprint density at radius 2 is 1.38 bits per heavy atom. The van der Waals surface area contributed by atoms with Gasteiger partial charge in [0.05, 0.1) is 37.6 Å². The van der Waals surface area contributed by atoms with Crippen molar-refractivity contribution < 1.29 is 37.3 Å². The molecule has 1 N–H and O–H groups in total. The Bertz CT molecular complexity index is 609. The molecule has 0 aliphatic carbocycles. The van der Waals surface area contributed by atoms with Crippen LogP contribution < -0.4 is 0 Å². The van der Waals surface area contributed by atoms with Gasteiger partial charge in [-0.25, -0.2) is 0 Å². The predicted molar refractivity (Wildman–Crippen MR) is 175 cm³/mol. The average molecular weight is 621 g/mol. The van der Waals surface area contributed by atoms with E-state index in [1.165, 1.54) is 7.09 Å². The number of aliphatic hydroxyl groups excluding tert-OH is 1. The summed E-state index contributed by atoms with van der Waals surface area (Å²) in [6, 6.07) is 0. The Morgan fingerprint density at radius 3 is 1.80 bits per heavy atom. The van der Waals surface area contributed by atoms with E-state index in [9.17, 15) is 5.11 Å². The Labute approximate surface area is 256 Å². The lowest BCUT2D eigenvalue weighted by atomic mass is 9.95. The van der Waals surface area contributed by atoms with Gasteiger partial charge in [-0.3, -0.25) is 0 Å². The van der Waals surface area contributed by atoms with Gasteiger partial charge in [-0.2, -0.15) is 0 Å². The zero-order chi connectivity index (χ0) is 31.5. The number of allylic oxidation sites excluding steroid dienone is 2. The highest BCUT2D eigenvalue weighted by Gasteiger charge is 2.23. The monoisotopic (exact) mass is 621 g/mol.